The molecule has 0 fully saturated rings. The van der Waals surface area contributed by atoms with Crippen LogP contribution >= 0.6 is 0 Å². The Kier molecular flexibility index (Phi) is 8.00. The molecule has 0 aliphatic heterocycles. The second-order valence-electron chi connectivity index (χ2n) is 5.70. The van der Waals surface area contributed by atoms with Gasteiger partial charge < -0.3 is 4.74 Å². The third-order valence-corrected chi connectivity index (χ3v) is 3.32. The number of unbranched alkanes of at least 4 members (excludes halogenated alkanes) is 3. The van der Waals surface area contributed by atoms with Crippen LogP contribution in [0.3, 0.4) is 0 Å². The Balaban J connectivity index is 3.20. The van der Waals surface area contributed by atoms with E-state index in [0.29, 0.717) is 11.8 Å². The van der Waals surface area contributed by atoms with Gasteiger partial charge in [-0.2, -0.15) is 0 Å². The largest absolute Gasteiger partial charge is 0.381 e. The summed E-state index contributed by atoms with van der Waals surface area (Å²) in [4.78, 5) is 0. The fourth-order valence-corrected chi connectivity index (χ4v) is 1.95. The maximum atomic E-state index is 10.7. The molecule has 0 aliphatic carbocycles. The Labute approximate surface area is 106 Å². The molecule has 4 nitrogen and oxygen atoms in total. The van der Waals surface area contributed by atoms with E-state index in [9.17, 15) is 8.42 Å². The molecule has 0 unspecified atom stereocenters. The lowest BCUT2D eigenvalue weighted by Gasteiger charge is -2.17. The van der Waals surface area contributed by atoms with Gasteiger partial charge in [-0.15, -0.1) is 0 Å². The number of ether oxygens (including phenoxy) is 1. The van der Waals surface area contributed by atoms with Gasteiger partial charge in [0.1, 0.15) is 0 Å². The van der Waals surface area contributed by atoms with Gasteiger partial charge in [-0.25, -0.2) is 13.6 Å². The van der Waals surface area contributed by atoms with Crippen molar-refractivity contribution in [3.05, 3.63) is 0 Å². The molecule has 0 saturated heterocycles. The third kappa shape index (κ3) is 15.9. The van der Waals surface area contributed by atoms with Crippen molar-refractivity contribution >= 4 is 10.0 Å². The van der Waals surface area contributed by atoms with E-state index in [1.54, 1.807) is 0 Å². The molecule has 0 atom stereocenters. The van der Waals surface area contributed by atoms with Crippen LogP contribution in [0.4, 0.5) is 0 Å². The van der Waals surface area contributed by atoms with E-state index in [4.69, 9.17) is 9.88 Å². The van der Waals surface area contributed by atoms with Gasteiger partial charge in [-0.3, -0.25) is 0 Å². The highest BCUT2D eigenvalue weighted by Crippen LogP contribution is 2.17. The summed E-state index contributed by atoms with van der Waals surface area (Å²) >= 11 is 0. The summed E-state index contributed by atoms with van der Waals surface area (Å²) in [5.74, 6) is 0.0951. The van der Waals surface area contributed by atoms with Gasteiger partial charge >= 0.3 is 0 Å². The van der Waals surface area contributed by atoms with Crippen LogP contribution in [0.2, 0.25) is 0 Å². The van der Waals surface area contributed by atoms with E-state index in [0.717, 1.165) is 38.9 Å². The minimum absolute atomic E-state index is 0.0951. The molecule has 0 bridgehead atoms. The molecule has 0 rings (SSSR count). The average molecular weight is 265 g/mol. The molecule has 0 spiro atoms. The number of nitrogens with two attached hydrogens (primary N) is 1. The summed E-state index contributed by atoms with van der Waals surface area (Å²) in [6.45, 7) is 8.17. The Hall–Kier alpha value is -0.130. The van der Waals surface area contributed by atoms with Gasteiger partial charge in [0.2, 0.25) is 10.0 Å². The van der Waals surface area contributed by atoms with Crippen LogP contribution in [-0.4, -0.2) is 27.4 Å². The predicted octanol–water partition coefficient (Wildman–Crippen LogP) is 2.29. The minimum Gasteiger partial charge on any atom is -0.381 e. The number of rotatable bonds is 9. The van der Waals surface area contributed by atoms with Crippen molar-refractivity contribution in [2.75, 3.05) is 19.0 Å². The maximum absolute atomic E-state index is 10.7. The Bertz CT molecular complexity index is 281. The zero-order valence-corrected chi connectivity index (χ0v) is 12.2. The Morgan fingerprint density at radius 2 is 1.59 bits per heavy atom. The minimum atomic E-state index is -3.27. The number of hydrogen-bond donors (Lipinski definition) is 1. The van der Waals surface area contributed by atoms with Crippen LogP contribution in [-0.2, 0) is 14.8 Å². The zero-order chi connectivity index (χ0) is 13.4. The van der Waals surface area contributed by atoms with E-state index in [2.05, 4.69) is 20.8 Å². The molecule has 0 aromatic heterocycles. The van der Waals surface area contributed by atoms with Gasteiger partial charge in [-0.05, 0) is 24.7 Å². The number of hydrogen-bond acceptors (Lipinski definition) is 3. The molecule has 0 aromatic carbocycles. The lowest BCUT2D eigenvalue weighted by Crippen LogP contribution is -2.16. The van der Waals surface area contributed by atoms with Crippen LogP contribution in [0.15, 0.2) is 0 Å². The van der Waals surface area contributed by atoms with E-state index in [-0.39, 0.29) is 5.75 Å². The highest BCUT2D eigenvalue weighted by atomic mass is 32.2. The van der Waals surface area contributed by atoms with Crippen molar-refractivity contribution in [2.24, 2.45) is 10.6 Å². The van der Waals surface area contributed by atoms with E-state index >= 15 is 0 Å². The second kappa shape index (κ2) is 8.06. The maximum Gasteiger partial charge on any atom is 0.209 e. The summed E-state index contributed by atoms with van der Waals surface area (Å²) in [6.07, 6.45) is 4.62. The Morgan fingerprint density at radius 1 is 1.00 bits per heavy atom. The molecular formula is C12H27NO3S. The van der Waals surface area contributed by atoms with Gasteiger partial charge in [0.15, 0.2) is 0 Å². The summed E-state index contributed by atoms with van der Waals surface area (Å²) in [5, 5.41) is 4.90. The van der Waals surface area contributed by atoms with Crippen molar-refractivity contribution in [1.29, 1.82) is 0 Å². The quantitative estimate of drug-likeness (QED) is 0.650. The molecule has 0 radical (unpaired) electrons. The van der Waals surface area contributed by atoms with E-state index in [1.807, 2.05) is 0 Å². The first kappa shape index (κ1) is 16.9. The second-order valence-corrected chi connectivity index (χ2v) is 7.44. The Morgan fingerprint density at radius 3 is 2.12 bits per heavy atom. The fraction of sp³-hybridized carbons (Fsp3) is 1.00. The van der Waals surface area contributed by atoms with Crippen molar-refractivity contribution in [3.8, 4) is 0 Å². The van der Waals surface area contributed by atoms with Gasteiger partial charge in [-0.1, -0.05) is 33.6 Å². The highest BCUT2D eigenvalue weighted by molar-refractivity contribution is 7.89. The monoisotopic (exact) mass is 265 g/mol. The molecule has 0 heterocycles. The van der Waals surface area contributed by atoms with Gasteiger partial charge in [0, 0.05) is 13.2 Å². The van der Waals surface area contributed by atoms with Crippen molar-refractivity contribution in [3.63, 3.8) is 0 Å². The summed E-state index contributed by atoms with van der Waals surface area (Å²) in [7, 11) is -3.27. The van der Waals surface area contributed by atoms with E-state index in [1.165, 1.54) is 0 Å². The molecular weight excluding hydrogens is 238 g/mol. The normalized spacial score (nSPS) is 12.9. The lowest BCUT2D eigenvalue weighted by molar-refractivity contribution is 0.105. The first-order chi connectivity index (χ1) is 7.71. The molecule has 0 amide bonds. The summed E-state index contributed by atoms with van der Waals surface area (Å²) in [6, 6.07) is 0. The number of primary sulfonamides is 1. The molecule has 104 valence electrons. The highest BCUT2D eigenvalue weighted by Gasteiger charge is 2.08. The van der Waals surface area contributed by atoms with Crippen LogP contribution in [0.25, 0.3) is 0 Å². The molecule has 17 heavy (non-hydrogen) atoms. The van der Waals surface area contributed by atoms with Crippen LogP contribution in [0, 0.1) is 5.41 Å². The lowest BCUT2D eigenvalue weighted by atomic mass is 9.93. The average Bonchev–Trinajstić information content (AvgIpc) is 2.11. The molecule has 2 N–H and O–H groups in total. The zero-order valence-electron chi connectivity index (χ0n) is 11.4. The predicted molar refractivity (Wildman–Crippen MR) is 71.3 cm³/mol. The van der Waals surface area contributed by atoms with Crippen molar-refractivity contribution < 1.29 is 13.2 Å². The van der Waals surface area contributed by atoms with Crippen LogP contribution < -0.4 is 5.14 Å². The molecule has 0 saturated carbocycles. The smallest absolute Gasteiger partial charge is 0.209 e. The summed E-state index contributed by atoms with van der Waals surface area (Å²) < 4.78 is 26.8. The third-order valence-electron chi connectivity index (χ3n) is 2.46. The fourth-order valence-electron chi connectivity index (χ4n) is 1.34. The van der Waals surface area contributed by atoms with Crippen LogP contribution in [0.1, 0.15) is 52.9 Å². The molecule has 0 aromatic rings. The van der Waals surface area contributed by atoms with Gasteiger partial charge in [0.05, 0.1) is 5.75 Å². The van der Waals surface area contributed by atoms with Crippen LogP contribution in [0.5, 0.6) is 0 Å². The topological polar surface area (TPSA) is 69.4 Å². The van der Waals surface area contributed by atoms with Crippen molar-refractivity contribution in [1.82, 2.24) is 0 Å². The van der Waals surface area contributed by atoms with E-state index < -0.39 is 10.0 Å². The SMILES string of the molecule is CC(C)(C)CCOCCCCCCS(N)(=O)=O. The van der Waals surface area contributed by atoms with Crippen molar-refractivity contribution in [2.45, 2.75) is 52.9 Å². The number of sulfonamides is 1. The molecule has 0 aliphatic rings. The first-order valence-electron chi connectivity index (χ1n) is 6.29. The summed E-state index contributed by atoms with van der Waals surface area (Å²) in [5.41, 5.74) is 0.329. The molecule has 5 heteroatoms. The first-order valence-corrected chi connectivity index (χ1v) is 8.00. The van der Waals surface area contributed by atoms with Gasteiger partial charge in [0.25, 0.3) is 0 Å². The standard InChI is InChI=1S/C12H27NO3S/c1-12(2,3)8-10-16-9-6-4-5-7-11-17(13,14)15/h4-11H2,1-3H3,(H2,13,14,15).